The van der Waals surface area contributed by atoms with Crippen molar-refractivity contribution in [2.75, 3.05) is 23.1 Å². The van der Waals surface area contributed by atoms with Crippen LogP contribution in [0.4, 0.5) is 11.4 Å². The van der Waals surface area contributed by atoms with Gasteiger partial charge in [-0.2, -0.15) is 0 Å². The molecule has 0 saturated heterocycles. The lowest BCUT2D eigenvalue weighted by molar-refractivity contribution is 0.579. The van der Waals surface area contributed by atoms with E-state index in [1.807, 2.05) is 0 Å². The van der Waals surface area contributed by atoms with E-state index in [1.54, 1.807) is 0 Å². The Bertz CT molecular complexity index is 318. The Hall–Kier alpha value is -1.22. The van der Waals surface area contributed by atoms with Crippen molar-refractivity contribution in [2.24, 2.45) is 0 Å². The molecular weight excluding hydrogens is 210 g/mol. The molecule has 0 bridgehead atoms. The lowest BCUT2D eigenvalue weighted by Crippen LogP contribution is -2.45. The summed E-state index contributed by atoms with van der Waals surface area (Å²) in [6.07, 6.45) is 4.91. The van der Waals surface area contributed by atoms with Crippen molar-refractivity contribution in [1.29, 1.82) is 0 Å². The monoisotopic (exact) mass is 233 g/mol. The highest BCUT2D eigenvalue weighted by atomic mass is 15.8. The summed E-state index contributed by atoms with van der Waals surface area (Å²) < 4.78 is 0. The Balaban J connectivity index is 2.09. The third-order valence-corrected chi connectivity index (χ3v) is 3.18. The number of para-hydroxylation sites is 2. The van der Waals surface area contributed by atoms with E-state index in [9.17, 15) is 0 Å². The van der Waals surface area contributed by atoms with Gasteiger partial charge in [0.05, 0.1) is 11.4 Å². The number of fused-ring (bicyclic) bond motifs is 1. The molecule has 3 heteroatoms. The third-order valence-electron chi connectivity index (χ3n) is 3.18. The van der Waals surface area contributed by atoms with Gasteiger partial charge in [0.2, 0.25) is 0 Å². The summed E-state index contributed by atoms with van der Waals surface area (Å²) in [6, 6.07) is 8.62. The van der Waals surface area contributed by atoms with E-state index in [-0.39, 0.29) is 0 Å². The van der Waals surface area contributed by atoms with Crippen LogP contribution in [0.3, 0.4) is 0 Å². The van der Waals surface area contributed by atoms with Crippen LogP contribution in [0.15, 0.2) is 24.3 Å². The molecule has 1 N–H and O–H groups in total. The maximum absolute atomic E-state index is 3.49. The van der Waals surface area contributed by atoms with Crippen LogP contribution in [0.1, 0.15) is 39.5 Å². The highest BCUT2D eigenvalue weighted by Gasteiger charge is 2.23. The minimum atomic E-state index is 1.08. The van der Waals surface area contributed by atoms with Crippen LogP contribution in [0.25, 0.3) is 0 Å². The van der Waals surface area contributed by atoms with Gasteiger partial charge >= 0.3 is 0 Å². The molecule has 94 valence electrons. The summed E-state index contributed by atoms with van der Waals surface area (Å²) in [5.74, 6) is 0. The number of unbranched alkanes of at least 4 members (excludes halogenated alkanes) is 2. The standard InChI is InChI=1S/C14H23N3/c1-3-5-11-16-13-9-7-8-10-14(13)17(15-16)12-6-4-2/h7-10,15H,3-6,11-12H2,1-2H3. The second-order valence-electron chi connectivity index (χ2n) is 4.60. The number of nitrogens with zero attached hydrogens (tertiary/aromatic N) is 2. The van der Waals surface area contributed by atoms with Gasteiger partial charge in [0, 0.05) is 13.1 Å². The fraction of sp³-hybridized carbons (Fsp3) is 0.571. The Morgan fingerprint density at radius 2 is 1.35 bits per heavy atom. The van der Waals surface area contributed by atoms with Gasteiger partial charge in [-0.3, -0.25) is 10.0 Å². The number of benzene rings is 1. The molecule has 17 heavy (non-hydrogen) atoms. The summed E-state index contributed by atoms with van der Waals surface area (Å²) in [6.45, 7) is 6.62. The Labute approximate surface area is 104 Å². The van der Waals surface area contributed by atoms with Crippen LogP contribution < -0.4 is 15.6 Å². The van der Waals surface area contributed by atoms with Crippen LogP contribution >= 0.6 is 0 Å². The lowest BCUT2D eigenvalue weighted by atomic mass is 10.2. The van der Waals surface area contributed by atoms with Crippen molar-refractivity contribution in [3.8, 4) is 0 Å². The predicted molar refractivity (Wildman–Crippen MR) is 74.1 cm³/mol. The highest BCUT2D eigenvalue weighted by Crippen LogP contribution is 2.32. The average Bonchev–Trinajstić information content (AvgIpc) is 2.72. The largest absolute Gasteiger partial charge is 0.289 e. The van der Waals surface area contributed by atoms with Gasteiger partial charge in [-0.25, -0.2) is 0 Å². The van der Waals surface area contributed by atoms with E-state index in [1.165, 1.54) is 37.1 Å². The molecule has 1 aromatic carbocycles. The number of rotatable bonds is 6. The van der Waals surface area contributed by atoms with Crippen LogP contribution in [0, 0.1) is 0 Å². The van der Waals surface area contributed by atoms with Crippen LogP contribution in [-0.4, -0.2) is 13.1 Å². The van der Waals surface area contributed by atoms with E-state index in [0.29, 0.717) is 0 Å². The van der Waals surface area contributed by atoms with E-state index < -0.39 is 0 Å². The van der Waals surface area contributed by atoms with E-state index >= 15 is 0 Å². The molecule has 0 aliphatic carbocycles. The van der Waals surface area contributed by atoms with Crippen molar-refractivity contribution in [2.45, 2.75) is 39.5 Å². The molecule has 3 nitrogen and oxygen atoms in total. The number of hydrogen-bond donors (Lipinski definition) is 1. The summed E-state index contributed by atoms with van der Waals surface area (Å²) >= 11 is 0. The van der Waals surface area contributed by atoms with Crippen LogP contribution in [0.2, 0.25) is 0 Å². The van der Waals surface area contributed by atoms with Gasteiger partial charge in [0.25, 0.3) is 0 Å². The molecule has 0 fully saturated rings. The first-order valence-corrected chi connectivity index (χ1v) is 6.77. The molecule has 0 spiro atoms. The minimum absolute atomic E-state index is 1.08. The summed E-state index contributed by atoms with van der Waals surface area (Å²) in [4.78, 5) is 0. The van der Waals surface area contributed by atoms with Crippen LogP contribution in [-0.2, 0) is 0 Å². The molecule has 0 unspecified atom stereocenters. The highest BCUT2D eigenvalue weighted by molar-refractivity contribution is 5.74. The molecule has 1 heterocycles. The van der Waals surface area contributed by atoms with Crippen molar-refractivity contribution in [3.63, 3.8) is 0 Å². The fourth-order valence-corrected chi connectivity index (χ4v) is 2.15. The molecule has 0 radical (unpaired) electrons. The summed E-state index contributed by atoms with van der Waals surface area (Å²) in [5, 5.41) is 4.54. The topological polar surface area (TPSA) is 18.5 Å². The Morgan fingerprint density at radius 3 is 1.76 bits per heavy atom. The number of anilines is 2. The number of hydrazine groups is 2. The summed E-state index contributed by atoms with van der Waals surface area (Å²) in [5.41, 5.74) is 6.13. The lowest BCUT2D eigenvalue weighted by Gasteiger charge is -2.22. The minimum Gasteiger partial charge on any atom is -0.289 e. The zero-order chi connectivity index (χ0) is 12.1. The van der Waals surface area contributed by atoms with Gasteiger partial charge in [-0.1, -0.05) is 38.8 Å². The smallest absolute Gasteiger partial charge is 0.0785 e. The molecule has 0 saturated carbocycles. The number of nitrogens with one attached hydrogen (secondary N) is 1. The zero-order valence-electron chi connectivity index (χ0n) is 10.9. The van der Waals surface area contributed by atoms with Gasteiger partial charge in [-0.05, 0) is 25.0 Å². The third kappa shape index (κ3) is 2.72. The summed E-state index contributed by atoms with van der Waals surface area (Å²) in [7, 11) is 0. The average molecular weight is 233 g/mol. The molecule has 1 aromatic rings. The number of hydrogen-bond acceptors (Lipinski definition) is 3. The van der Waals surface area contributed by atoms with Gasteiger partial charge in [0.1, 0.15) is 0 Å². The quantitative estimate of drug-likeness (QED) is 0.813. The van der Waals surface area contributed by atoms with Gasteiger partial charge in [-0.15, -0.1) is 5.53 Å². The molecule has 1 aliphatic rings. The normalized spacial score (nSPS) is 14.2. The molecule has 0 aromatic heterocycles. The molecule has 2 rings (SSSR count). The van der Waals surface area contributed by atoms with Gasteiger partial charge < -0.3 is 0 Å². The maximum atomic E-state index is 3.49. The second kappa shape index (κ2) is 5.92. The second-order valence-corrected chi connectivity index (χ2v) is 4.60. The zero-order valence-corrected chi connectivity index (χ0v) is 10.9. The van der Waals surface area contributed by atoms with Crippen LogP contribution in [0.5, 0.6) is 0 Å². The molecule has 1 aliphatic heterocycles. The Morgan fingerprint density at radius 1 is 0.882 bits per heavy atom. The first-order chi connectivity index (χ1) is 8.36. The first kappa shape index (κ1) is 12.2. The Kier molecular flexibility index (Phi) is 4.26. The van der Waals surface area contributed by atoms with Crippen molar-refractivity contribution in [3.05, 3.63) is 24.3 Å². The van der Waals surface area contributed by atoms with E-state index in [4.69, 9.17) is 0 Å². The first-order valence-electron chi connectivity index (χ1n) is 6.77. The van der Waals surface area contributed by atoms with Crippen molar-refractivity contribution in [1.82, 2.24) is 5.53 Å². The SMILES string of the molecule is CCCCN1NN(CCCC)c2ccccc21. The van der Waals surface area contributed by atoms with Crippen molar-refractivity contribution >= 4 is 11.4 Å². The van der Waals surface area contributed by atoms with E-state index in [0.717, 1.165) is 13.1 Å². The fourth-order valence-electron chi connectivity index (χ4n) is 2.15. The maximum Gasteiger partial charge on any atom is 0.0785 e. The molecule has 0 amide bonds. The molecular formula is C14H23N3. The molecule has 0 atom stereocenters. The predicted octanol–water partition coefficient (Wildman–Crippen LogP) is 3.33. The van der Waals surface area contributed by atoms with Crippen molar-refractivity contribution < 1.29 is 0 Å². The van der Waals surface area contributed by atoms with Gasteiger partial charge in [0.15, 0.2) is 0 Å². The van der Waals surface area contributed by atoms with E-state index in [2.05, 4.69) is 53.7 Å².